The molecule has 2 amide bonds. The summed E-state index contributed by atoms with van der Waals surface area (Å²) in [6.07, 6.45) is 0. The zero-order valence-corrected chi connectivity index (χ0v) is 20.8. The number of aryl methyl sites for hydroxylation is 1. The van der Waals surface area contributed by atoms with Gasteiger partial charge < -0.3 is 14.8 Å². The van der Waals surface area contributed by atoms with Gasteiger partial charge in [-0.3, -0.25) is 34.2 Å². The number of hydrogen-bond donors (Lipinski definition) is 2. The number of aromatic amines is 1. The molecule has 0 aliphatic carbocycles. The van der Waals surface area contributed by atoms with Crippen LogP contribution in [0.25, 0.3) is 0 Å². The molecule has 3 atom stereocenters. The molecule has 2 aliphatic rings. The molecule has 13 heteroatoms. The summed E-state index contributed by atoms with van der Waals surface area (Å²) in [5, 5.41) is 20.3. The number of rotatable bonds is 7. The van der Waals surface area contributed by atoms with Crippen LogP contribution < -0.4 is 9.61 Å². The molecule has 0 radical (unpaired) electrons. The third kappa shape index (κ3) is 4.51. The van der Waals surface area contributed by atoms with Gasteiger partial charge in [-0.05, 0) is 18.6 Å². The smallest absolute Gasteiger partial charge is 0.323 e. The number of imide groups is 1. The molecule has 1 fully saturated rings. The van der Waals surface area contributed by atoms with Crippen LogP contribution in [0.2, 0.25) is 0 Å². The molecule has 0 bridgehead atoms. The van der Waals surface area contributed by atoms with Gasteiger partial charge in [0.25, 0.3) is 5.69 Å². The first-order valence-electron chi connectivity index (χ1n) is 11.1. The highest BCUT2D eigenvalue weighted by atomic mass is 32.2. The maximum atomic E-state index is 13.4. The molecule has 2 unspecified atom stereocenters. The molecule has 1 aromatic heterocycles. The van der Waals surface area contributed by atoms with Crippen molar-refractivity contribution in [1.82, 2.24) is 9.88 Å². The number of non-ortho nitro benzene ring substituents is 1. The Morgan fingerprint density at radius 1 is 1.19 bits per heavy atom. The summed E-state index contributed by atoms with van der Waals surface area (Å²) in [6, 6.07) is 11.6. The fourth-order valence-electron chi connectivity index (χ4n) is 4.69. The summed E-state index contributed by atoms with van der Waals surface area (Å²) in [6.45, 7) is 1.27. The number of carboxylic acids is 1. The van der Waals surface area contributed by atoms with Gasteiger partial charge in [0, 0.05) is 28.5 Å². The molecular weight excluding hydrogens is 522 g/mol. The van der Waals surface area contributed by atoms with Gasteiger partial charge in [0.2, 0.25) is 11.8 Å². The second-order valence-corrected chi connectivity index (χ2v) is 10.8. The van der Waals surface area contributed by atoms with Crippen LogP contribution in [-0.2, 0) is 21.0 Å². The minimum Gasteiger partial charge on any atom is -0.489 e. The van der Waals surface area contributed by atoms with Crippen LogP contribution in [0.4, 0.5) is 5.69 Å². The average Bonchev–Trinajstić information content (AvgIpc) is 3.33. The van der Waals surface area contributed by atoms with Crippen molar-refractivity contribution in [2.75, 3.05) is 6.54 Å². The van der Waals surface area contributed by atoms with E-state index in [2.05, 4.69) is 4.98 Å². The largest absolute Gasteiger partial charge is 0.489 e. The van der Waals surface area contributed by atoms with Gasteiger partial charge in [-0.25, -0.2) is 0 Å². The Morgan fingerprint density at radius 3 is 2.68 bits per heavy atom. The Kier molecular flexibility index (Phi) is 6.33. The van der Waals surface area contributed by atoms with Crippen molar-refractivity contribution >= 4 is 46.6 Å². The van der Waals surface area contributed by atoms with E-state index in [0.717, 1.165) is 34.2 Å². The van der Waals surface area contributed by atoms with E-state index in [4.69, 9.17) is 4.74 Å². The highest BCUT2D eigenvalue weighted by Gasteiger charge is 2.56. The van der Waals surface area contributed by atoms with Gasteiger partial charge in [0.1, 0.15) is 24.2 Å². The number of ether oxygens (including phenoxy) is 1. The van der Waals surface area contributed by atoms with E-state index in [1.807, 2.05) is 31.2 Å². The monoisotopic (exact) mass is 541 g/mol. The lowest BCUT2D eigenvalue weighted by Crippen LogP contribution is -2.36. The Hall–Kier alpha value is -3.97. The first kappa shape index (κ1) is 24.7. The number of benzene rings is 2. The number of nitro groups is 1. The maximum Gasteiger partial charge on any atom is 0.323 e. The minimum absolute atomic E-state index is 0.135. The molecule has 2 N–H and O–H groups in total. The van der Waals surface area contributed by atoms with Crippen LogP contribution in [-0.4, -0.2) is 49.5 Å². The quantitative estimate of drug-likeness (QED) is 0.260. The highest BCUT2D eigenvalue weighted by Crippen LogP contribution is 2.54. The molecule has 0 spiro atoms. The number of hydrogen-bond acceptors (Lipinski definition) is 9. The van der Waals surface area contributed by atoms with Crippen molar-refractivity contribution < 1.29 is 29.2 Å². The van der Waals surface area contributed by atoms with E-state index in [9.17, 15) is 34.4 Å². The predicted molar refractivity (Wildman–Crippen MR) is 133 cm³/mol. The SMILES string of the molecule is Cc1cccc(COc2ccc([N+](=O)[O-])cc2[C@H]2c3sc(=O)[nH]c3SC3C(=O)N(CC(=O)O)C(=O)C32)c1. The third-order valence-corrected chi connectivity index (χ3v) is 8.63. The number of aliphatic carboxylic acids is 1. The van der Waals surface area contributed by atoms with Crippen molar-refractivity contribution in [3.05, 3.63) is 83.8 Å². The van der Waals surface area contributed by atoms with E-state index in [0.29, 0.717) is 14.8 Å². The van der Waals surface area contributed by atoms with Gasteiger partial charge in [-0.1, -0.05) is 52.9 Å². The summed E-state index contributed by atoms with van der Waals surface area (Å²) >= 11 is 1.84. The van der Waals surface area contributed by atoms with Crippen LogP contribution in [0.5, 0.6) is 5.75 Å². The van der Waals surface area contributed by atoms with E-state index in [-0.39, 0.29) is 23.6 Å². The van der Waals surface area contributed by atoms with Gasteiger partial charge in [-0.15, -0.1) is 0 Å². The summed E-state index contributed by atoms with van der Waals surface area (Å²) < 4.78 is 6.07. The Balaban J connectivity index is 1.63. The molecule has 0 saturated carbocycles. The van der Waals surface area contributed by atoms with E-state index < -0.39 is 51.2 Å². The number of carbonyl (C=O) groups is 3. The molecule has 11 nitrogen and oxygen atoms in total. The number of nitrogens with one attached hydrogen (secondary N) is 1. The Bertz CT molecular complexity index is 1510. The average molecular weight is 542 g/mol. The standard InChI is InChI=1S/C24H19N3O8S2/c1-11-3-2-4-12(7-11)10-35-15-6-5-13(27(33)34)8-14(15)17-18-20(36-21-19(17)37-24(32)25-21)23(31)26(22(18)30)9-16(28)29/h2-8,17-18,20H,9-10H2,1H3,(H,25,32)(H,28,29)/t17-,18?,20?/m1/s1. The van der Waals surface area contributed by atoms with E-state index in [1.54, 1.807) is 0 Å². The number of nitrogens with zero attached hydrogens (tertiary/aromatic N) is 2. The Morgan fingerprint density at radius 2 is 1.97 bits per heavy atom. The molecule has 190 valence electrons. The van der Waals surface area contributed by atoms with Gasteiger partial charge in [0.05, 0.1) is 15.9 Å². The number of carbonyl (C=O) groups excluding carboxylic acids is 2. The van der Waals surface area contributed by atoms with Crippen LogP contribution in [0, 0.1) is 23.0 Å². The number of carboxylic acid groups (broad SMARTS) is 1. The predicted octanol–water partition coefficient (Wildman–Crippen LogP) is 2.91. The van der Waals surface area contributed by atoms with Crippen LogP contribution >= 0.6 is 23.1 Å². The van der Waals surface area contributed by atoms with Crippen LogP contribution in [0.15, 0.2) is 52.3 Å². The lowest BCUT2D eigenvalue weighted by atomic mass is 9.82. The second-order valence-electron chi connectivity index (χ2n) is 8.66. The zero-order chi connectivity index (χ0) is 26.4. The van der Waals surface area contributed by atoms with Gasteiger partial charge >= 0.3 is 10.8 Å². The minimum atomic E-state index is -1.34. The molecule has 2 aliphatic heterocycles. The number of nitro benzene ring substituents is 1. The molecule has 3 heterocycles. The number of aromatic nitrogens is 1. The lowest BCUT2D eigenvalue weighted by Gasteiger charge is -2.30. The number of thiazole rings is 1. The molecule has 37 heavy (non-hydrogen) atoms. The molecule has 2 aromatic carbocycles. The molecule has 1 saturated heterocycles. The van der Waals surface area contributed by atoms with Crippen molar-refractivity contribution in [2.24, 2.45) is 5.92 Å². The van der Waals surface area contributed by atoms with Crippen molar-refractivity contribution in [3.63, 3.8) is 0 Å². The second kappa shape index (κ2) is 9.48. The number of amides is 2. The third-order valence-electron chi connectivity index (χ3n) is 6.22. The summed E-state index contributed by atoms with van der Waals surface area (Å²) in [5.41, 5.74) is 1.89. The molecular formula is C24H19N3O8S2. The van der Waals surface area contributed by atoms with Crippen molar-refractivity contribution in [1.29, 1.82) is 0 Å². The van der Waals surface area contributed by atoms with E-state index in [1.165, 1.54) is 18.2 Å². The number of fused-ring (bicyclic) bond motifs is 2. The number of thioether (sulfide) groups is 1. The summed E-state index contributed by atoms with van der Waals surface area (Å²) in [5.74, 6) is -4.49. The normalized spacial score (nSPS) is 20.5. The molecule has 3 aromatic rings. The maximum absolute atomic E-state index is 13.4. The van der Waals surface area contributed by atoms with Crippen LogP contribution in [0.1, 0.15) is 27.5 Å². The fraction of sp³-hybridized carbons (Fsp3) is 0.250. The Labute approximate surface area is 217 Å². The highest BCUT2D eigenvalue weighted by molar-refractivity contribution is 8.00. The summed E-state index contributed by atoms with van der Waals surface area (Å²) in [4.78, 5) is 64.6. The fourth-order valence-corrected chi connectivity index (χ4v) is 7.22. The lowest BCUT2D eigenvalue weighted by molar-refractivity contribution is -0.385. The van der Waals surface area contributed by atoms with Crippen molar-refractivity contribution in [2.45, 2.75) is 29.7 Å². The first-order chi connectivity index (χ1) is 17.6. The van der Waals surface area contributed by atoms with Gasteiger partial charge in [0.15, 0.2) is 0 Å². The molecule has 5 rings (SSSR count). The van der Waals surface area contributed by atoms with Crippen LogP contribution in [0.3, 0.4) is 0 Å². The van der Waals surface area contributed by atoms with Gasteiger partial charge in [-0.2, -0.15) is 0 Å². The summed E-state index contributed by atoms with van der Waals surface area (Å²) in [7, 11) is 0. The zero-order valence-electron chi connectivity index (χ0n) is 19.2. The number of H-pyrrole nitrogens is 1. The first-order valence-corrected chi connectivity index (χ1v) is 12.8. The van der Waals surface area contributed by atoms with Crippen molar-refractivity contribution in [3.8, 4) is 5.75 Å². The topological polar surface area (TPSA) is 160 Å². The van der Waals surface area contributed by atoms with E-state index >= 15 is 0 Å². The number of likely N-dealkylation sites (tertiary alicyclic amines) is 1.